The maximum atomic E-state index is 10.7. The molecule has 1 aliphatic rings. The molecule has 4 nitrogen and oxygen atoms in total. The van der Waals surface area contributed by atoms with Crippen LogP contribution in [-0.2, 0) is 0 Å². The average molecular weight is 374 g/mol. The van der Waals surface area contributed by atoms with Crippen LogP contribution >= 0.6 is 22.6 Å². The first-order valence-electron chi connectivity index (χ1n) is 6.68. The molecule has 1 saturated carbocycles. The number of non-ortho nitro benzene ring substituents is 1. The van der Waals surface area contributed by atoms with E-state index in [0.29, 0.717) is 6.04 Å². The van der Waals surface area contributed by atoms with E-state index in [9.17, 15) is 10.1 Å². The molecule has 3 atom stereocenters. The summed E-state index contributed by atoms with van der Waals surface area (Å²) in [5.74, 6) is 1.54. The maximum absolute atomic E-state index is 10.7. The second-order valence-corrected chi connectivity index (χ2v) is 6.69. The largest absolute Gasteiger partial charge is 0.381 e. The van der Waals surface area contributed by atoms with Crippen molar-refractivity contribution in [1.82, 2.24) is 0 Å². The van der Waals surface area contributed by atoms with Crippen molar-refractivity contribution in [3.05, 3.63) is 31.9 Å². The highest BCUT2D eigenvalue weighted by Crippen LogP contribution is 2.32. The van der Waals surface area contributed by atoms with Crippen molar-refractivity contribution in [2.24, 2.45) is 11.8 Å². The van der Waals surface area contributed by atoms with E-state index < -0.39 is 0 Å². The molecule has 0 spiro atoms. The number of nitrogens with one attached hydrogen (secondary N) is 1. The minimum atomic E-state index is -0.351. The minimum Gasteiger partial charge on any atom is -0.381 e. The SMILES string of the molecule is CC1CCC(Nc2ccc([N+](=O)[O-])cc2I)CC1C. The molecule has 19 heavy (non-hydrogen) atoms. The first kappa shape index (κ1) is 14.6. The lowest BCUT2D eigenvalue weighted by atomic mass is 9.79. The van der Waals surface area contributed by atoms with Crippen LogP contribution in [0.15, 0.2) is 18.2 Å². The number of halogens is 1. The van der Waals surface area contributed by atoms with Gasteiger partial charge in [-0.05, 0) is 59.8 Å². The molecule has 3 unspecified atom stereocenters. The summed E-state index contributed by atoms with van der Waals surface area (Å²) in [5.41, 5.74) is 1.17. The molecular weight excluding hydrogens is 355 g/mol. The molecule has 104 valence electrons. The van der Waals surface area contributed by atoms with Crippen molar-refractivity contribution in [3.63, 3.8) is 0 Å². The molecule has 1 aromatic rings. The fraction of sp³-hybridized carbons (Fsp3) is 0.571. The Labute approximate surface area is 127 Å². The Hall–Kier alpha value is -0.850. The number of benzene rings is 1. The van der Waals surface area contributed by atoms with E-state index >= 15 is 0 Å². The average Bonchev–Trinajstić information content (AvgIpc) is 2.36. The third-order valence-corrected chi connectivity index (χ3v) is 5.01. The van der Waals surface area contributed by atoms with Crippen molar-refractivity contribution in [1.29, 1.82) is 0 Å². The highest BCUT2D eigenvalue weighted by atomic mass is 127. The van der Waals surface area contributed by atoms with E-state index in [-0.39, 0.29) is 10.6 Å². The number of rotatable bonds is 3. The van der Waals surface area contributed by atoms with Gasteiger partial charge in [-0.15, -0.1) is 0 Å². The Morgan fingerprint density at radius 2 is 2.05 bits per heavy atom. The predicted molar refractivity (Wildman–Crippen MR) is 85.4 cm³/mol. The van der Waals surface area contributed by atoms with Crippen molar-refractivity contribution in [2.75, 3.05) is 5.32 Å². The van der Waals surface area contributed by atoms with Crippen LogP contribution in [0.4, 0.5) is 11.4 Å². The summed E-state index contributed by atoms with van der Waals surface area (Å²) < 4.78 is 0.915. The van der Waals surface area contributed by atoms with Gasteiger partial charge in [0.05, 0.1) is 4.92 Å². The second-order valence-electron chi connectivity index (χ2n) is 5.53. The highest BCUT2D eigenvalue weighted by Gasteiger charge is 2.24. The standard InChI is InChI=1S/C14H19IN2O2/c1-9-3-4-11(7-10(9)2)16-14-6-5-12(17(18)19)8-13(14)15/h5-6,8-11,16H,3-4,7H2,1-2H3. The number of anilines is 1. The minimum absolute atomic E-state index is 0.153. The molecule has 0 bridgehead atoms. The Kier molecular flexibility index (Phi) is 4.65. The highest BCUT2D eigenvalue weighted by molar-refractivity contribution is 14.1. The first-order chi connectivity index (χ1) is 8.97. The molecule has 1 fully saturated rings. The van der Waals surface area contributed by atoms with E-state index in [1.807, 2.05) is 6.07 Å². The van der Waals surface area contributed by atoms with E-state index in [1.165, 1.54) is 19.3 Å². The summed E-state index contributed by atoms with van der Waals surface area (Å²) in [6, 6.07) is 5.50. The summed E-state index contributed by atoms with van der Waals surface area (Å²) >= 11 is 2.16. The van der Waals surface area contributed by atoms with Crippen molar-refractivity contribution in [3.8, 4) is 0 Å². The lowest BCUT2D eigenvalue weighted by Gasteiger charge is -2.33. The Morgan fingerprint density at radius 1 is 1.32 bits per heavy atom. The summed E-state index contributed by atoms with van der Waals surface area (Å²) in [6.45, 7) is 4.62. The van der Waals surface area contributed by atoms with Crippen molar-refractivity contribution < 1.29 is 4.92 Å². The predicted octanol–water partition coefficient (Wildman–Crippen LogP) is 4.44. The third-order valence-electron chi connectivity index (χ3n) is 4.12. The van der Waals surface area contributed by atoms with Crippen LogP contribution in [0.25, 0.3) is 0 Å². The van der Waals surface area contributed by atoms with Crippen LogP contribution in [0, 0.1) is 25.5 Å². The molecule has 1 aromatic carbocycles. The quantitative estimate of drug-likeness (QED) is 0.484. The van der Waals surface area contributed by atoms with Crippen LogP contribution in [0.1, 0.15) is 33.1 Å². The van der Waals surface area contributed by atoms with Crippen LogP contribution in [0.5, 0.6) is 0 Å². The molecule has 0 aliphatic heterocycles. The van der Waals surface area contributed by atoms with Gasteiger partial charge in [-0.2, -0.15) is 0 Å². The van der Waals surface area contributed by atoms with E-state index in [4.69, 9.17) is 0 Å². The monoisotopic (exact) mass is 374 g/mol. The van der Waals surface area contributed by atoms with Crippen LogP contribution in [0.2, 0.25) is 0 Å². The van der Waals surface area contributed by atoms with Gasteiger partial charge in [-0.25, -0.2) is 0 Å². The zero-order valence-electron chi connectivity index (χ0n) is 11.2. The number of nitro benzene ring substituents is 1. The van der Waals surface area contributed by atoms with Gasteiger partial charge >= 0.3 is 0 Å². The molecule has 2 rings (SSSR count). The lowest BCUT2D eigenvalue weighted by Crippen LogP contribution is -2.30. The van der Waals surface area contributed by atoms with Gasteiger partial charge in [-0.1, -0.05) is 13.8 Å². The summed E-state index contributed by atoms with van der Waals surface area (Å²) in [5, 5.41) is 14.3. The van der Waals surface area contributed by atoms with Gasteiger partial charge in [0, 0.05) is 27.4 Å². The molecule has 0 amide bonds. The van der Waals surface area contributed by atoms with Gasteiger partial charge < -0.3 is 5.32 Å². The topological polar surface area (TPSA) is 55.2 Å². The molecule has 5 heteroatoms. The number of nitro groups is 1. The smallest absolute Gasteiger partial charge is 0.270 e. The zero-order chi connectivity index (χ0) is 14.0. The fourth-order valence-electron chi connectivity index (χ4n) is 2.63. The molecule has 0 aromatic heterocycles. The van der Waals surface area contributed by atoms with Crippen molar-refractivity contribution in [2.45, 2.75) is 39.2 Å². The molecule has 0 radical (unpaired) electrons. The Morgan fingerprint density at radius 3 is 2.63 bits per heavy atom. The fourth-order valence-corrected chi connectivity index (χ4v) is 3.29. The van der Waals surface area contributed by atoms with Gasteiger partial charge in [-0.3, -0.25) is 10.1 Å². The van der Waals surface area contributed by atoms with Crippen LogP contribution in [-0.4, -0.2) is 11.0 Å². The molecular formula is C14H19IN2O2. The molecule has 0 heterocycles. The zero-order valence-corrected chi connectivity index (χ0v) is 13.4. The maximum Gasteiger partial charge on any atom is 0.270 e. The molecule has 1 N–H and O–H groups in total. The number of hydrogen-bond acceptors (Lipinski definition) is 3. The molecule has 1 aliphatic carbocycles. The van der Waals surface area contributed by atoms with Gasteiger partial charge in [0.2, 0.25) is 0 Å². The lowest BCUT2D eigenvalue weighted by molar-refractivity contribution is -0.384. The van der Waals surface area contributed by atoms with E-state index in [1.54, 1.807) is 12.1 Å². The summed E-state index contributed by atoms with van der Waals surface area (Å²) in [7, 11) is 0. The summed E-state index contributed by atoms with van der Waals surface area (Å²) in [4.78, 5) is 10.4. The second kappa shape index (κ2) is 6.07. The van der Waals surface area contributed by atoms with E-state index in [2.05, 4.69) is 41.8 Å². The summed E-state index contributed by atoms with van der Waals surface area (Å²) in [6.07, 6.45) is 3.61. The third kappa shape index (κ3) is 3.58. The van der Waals surface area contributed by atoms with E-state index in [0.717, 1.165) is 21.1 Å². The number of nitrogens with zero attached hydrogens (tertiary/aromatic N) is 1. The first-order valence-corrected chi connectivity index (χ1v) is 7.75. The number of hydrogen-bond donors (Lipinski definition) is 1. The van der Waals surface area contributed by atoms with Gasteiger partial charge in [0.25, 0.3) is 5.69 Å². The van der Waals surface area contributed by atoms with Gasteiger partial charge in [0.1, 0.15) is 0 Å². The van der Waals surface area contributed by atoms with Crippen LogP contribution in [0.3, 0.4) is 0 Å². The normalized spacial score (nSPS) is 27.0. The molecule has 0 saturated heterocycles. The Balaban J connectivity index is 2.05. The van der Waals surface area contributed by atoms with Crippen molar-refractivity contribution >= 4 is 34.0 Å². The van der Waals surface area contributed by atoms with Gasteiger partial charge in [0.15, 0.2) is 0 Å². The Bertz CT molecular complexity index is 479. The van der Waals surface area contributed by atoms with Crippen LogP contribution < -0.4 is 5.32 Å².